The van der Waals surface area contributed by atoms with E-state index in [1.807, 2.05) is 0 Å². The van der Waals surface area contributed by atoms with E-state index in [0.29, 0.717) is 11.8 Å². The van der Waals surface area contributed by atoms with E-state index in [1.165, 1.54) is 30.5 Å². The first-order valence-corrected chi connectivity index (χ1v) is 9.23. The normalized spacial score (nSPS) is 25.3. The van der Waals surface area contributed by atoms with Gasteiger partial charge in [0.05, 0.1) is 6.54 Å². The van der Waals surface area contributed by atoms with Crippen molar-refractivity contribution >= 4 is 5.78 Å². The third-order valence-corrected chi connectivity index (χ3v) is 5.77. The van der Waals surface area contributed by atoms with Crippen LogP contribution in [0.4, 0.5) is 4.39 Å². The number of hydrogen-bond donors (Lipinski definition) is 1. The molecular weight excluding hydrogens is 331 g/mol. The Balaban J connectivity index is 1.30. The summed E-state index contributed by atoms with van der Waals surface area (Å²) in [7, 11) is 0. The van der Waals surface area contributed by atoms with Gasteiger partial charge in [-0.1, -0.05) is 30.3 Å². The van der Waals surface area contributed by atoms with Crippen molar-refractivity contribution in [1.29, 1.82) is 0 Å². The summed E-state index contributed by atoms with van der Waals surface area (Å²) in [5, 5.41) is 9.19. The van der Waals surface area contributed by atoms with Gasteiger partial charge in [-0.25, -0.2) is 4.98 Å². The van der Waals surface area contributed by atoms with Crippen molar-refractivity contribution in [2.45, 2.75) is 19.3 Å². The number of carbonyl (C=O) groups is 1. The fraction of sp³-hybridized carbons (Fsp3) is 0.429. The average Bonchev–Trinajstić information content (AvgIpc) is 3.16. The Morgan fingerprint density at radius 3 is 2.46 bits per heavy atom. The quantitative estimate of drug-likeness (QED) is 0.661. The highest BCUT2D eigenvalue weighted by molar-refractivity contribution is 5.95. The van der Waals surface area contributed by atoms with E-state index in [-0.39, 0.29) is 18.0 Å². The number of ketones is 1. The van der Waals surface area contributed by atoms with Gasteiger partial charge in [0, 0.05) is 13.1 Å². The van der Waals surface area contributed by atoms with E-state index < -0.39 is 11.7 Å². The molecule has 136 valence electrons. The van der Waals surface area contributed by atoms with E-state index in [0.717, 1.165) is 25.4 Å². The van der Waals surface area contributed by atoms with Crippen LogP contribution in [-0.4, -0.2) is 40.4 Å². The third-order valence-electron chi connectivity index (χ3n) is 5.77. The minimum Gasteiger partial charge on any atom is -0.504 e. The molecule has 1 aromatic carbocycles. The van der Waals surface area contributed by atoms with Gasteiger partial charge < -0.3 is 5.11 Å². The van der Waals surface area contributed by atoms with Crippen LogP contribution in [0.25, 0.3) is 0 Å². The van der Waals surface area contributed by atoms with Crippen molar-refractivity contribution in [3.63, 3.8) is 0 Å². The number of rotatable bonds is 5. The molecule has 4 nitrogen and oxygen atoms in total. The molecule has 0 spiro atoms. The highest BCUT2D eigenvalue weighted by Crippen LogP contribution is 2.42. The fourth-order valence-corrected chi connectivity index (χ4v) is 4.63. The Kier molecular flexibility index (Phi) is 4.72. The highest BCUT2D eigenvalue weighted by atomic mass is 19.1. The van der Waals surface area contributed by atoms with E-state index in [2.05, 4.69) is 40.2 Å². The van der Waals surface area contributed by atoms with Crippen molar-refractivity contribution in [1.82, 2.24) is 9.88 Å². The van der Waals surface area contributed by atoms with E-state index >= 15 is 0 Å². The maximum absolute atomic E-state index is 13.3. The summed E-state index contributed by atoms with van der Waals surface area (Å²) < 4.78 is 13.3. The van der Waals surface area contributed by atoms with Crippen molar-refractivity contribution in [2.75, 3.05) is 19.6 Å². The number of fused-ring (bicyclic) bond motifs is 1. The molecule has 1 saturated carbocycles. The number of nitrogens with zero attached hydrogens (tertiary/aromatic N) is 2. The number of likely N-dealkylation sites (tertiary alicyclic amines) is 1. The number of aromatic hydroxyl groups is 1. The first-order chi connectivity index (χ1) is 12.6. The number of benzene rings is 1. The molecule has 2 fully saturated rings. The Morgan fingerprint density at radius 2 is 1.81 bits per heavy atom. The summed E-state index contributed by atoms with van der Waals surface area (Å²) in [6.45, 7) is 2.14. The van der Waals surface area contributed by atoms with E-state index in [9.17, 15) is 14.3 Å². The predicted octanol–water partition coefficient (Wildman–Crippen LogP) is 3.31. The lowest BCUT2D eigenvalue weighted by atomic mass is 9.96. The zero-order valence-corrected chi connectivity index (χ0v) is 14.6. The second-order valence-electron chi connectivity index (χ2n) is 7.67. The van der Waals surface area contributed by atoms with Crippen LogP contribution in [-0.2, 0) is 6.42 Å². The van der Waals surface area contributed by atoms with Gasteiger partial charge in [-0.2, -0.15) is 4.39 Å². The van der Waals surface area contributed by atoms with Crippen LogP contribution in [0.1, 0.15) is 28.9 Å². The van der Waals surface area contributed by atoms with Crippen LogP contribution < -0.4 is 0 Å². The van der Waals surface area contributed by atoms with Crippen LogP contribution in [0.2, 0.25) is 0 Å². The number of pyridine rings is 1. The van der Waals surface area contributed by atoms with Crippen LogP contribution in [0, 0.1) is 23.7 Å². The Labute approximate surface area is 152 Å². The molecule has 2 aliphatic rings. The maximum Gasteiger partial charge on any atom is 0.255 e. The van der Waals surface area contributed by atoms with Crippen LogP contribution in [0.5, 0.6) is 5.75 Å². The van der Waals surface area contributed by atoms with Crippen molar-refractivity contribution in [3.05, 3.63) is 59.7 Å². The summed E-state index contributed by atoms with van der Waals surface area (Å²) in [6, 6.07) is 13.2. The topological polar surface area (TPSA) is 53.4 Å². The van der Waals surface area contributed by atoms with Crippen LogP contribution in [0.15, 0.2) is 42.5 Å². The van der Waals surface area contributed by atoms with E-state index in [1.54, 1.807) is 0 Å². The van der Waals surface area contributed by atoms with Crippen molar-refractivity contribution in [3.8, 4) is 5.75 Å². The number of hydrogen-bond acceptors (Lipinski definition) is 4. The van der Waals surface area contributed by atoms with Gasteiger partial charge in [-0.15, -0.1) is 0 Å². The van der Waals surface area contributed by atoms with Gasteiger partial charge in [0.25, 0.3) is 5.95 Å². The van der Waals surface area contributed by atoms with Gasteiger partial charge in [-0.3, -0.25) is 9.69 Å². The van der Waals surface area contributed by atoms with Gasteiger partial charge in [0.1, 0.15) is 5.69 Å². The number of Topliss-reactive ketones (excluding diaryl/α,β-unsaturated/α-hetero) is 1. The summed E-state index contributed by atoms with van der Waals surface area (Å²) in [5.74, 6) is 0.337. The molecular formula is C21H23FN2O2. The minimum atomic E-state index is -0.988. The van der Waals surface area contributed by atoms with Gasteiger partial charge in [0.2, 0.25) is 0 Å². The lowest BCUT2D eigenvalue weighted by molar-refractivity contribution is 0.0933. The predicted molar refractivity (Wildman–Crippen MR) is 96.5 cm³/mol. The molecule has 2 aromatic rings. The lowest BCUT2D eigenvalue weighted by Gasteiger charge is -2.18. The Hall–Kier alpha value is -2.27. The number of aromatic nitrogens is 1. The molecule has 0 radical (unpaired) electrons. The molecule has 1 aromatic heterocycles. The summed E-state index contributed by atoms with van der Waals surface area (Å²) >= 11 is 0. The van der Waals surface area contributed by atoms with E-state index in [4.69, 9.17) is 0 Å². The summed E-state index contributed by atoms with van der Waals surface area (Å²) in [4.78, 5) is 18.1. The smallest absolute Gasteiger partial charge is 0.255 e. The number of carbonyl (C=O) groups excluding carboxylic acids is 1. The molecule has 1 saturated heterocycles. The fourth-order valence-electron chi connectivity index (χ4n) is 4.63. The molecule has 5 heteroatoms. The largest absolute Gasteiger partial charge is 0.504 e. The van der Waals surface area contributed by atoms with Crippen molar-refractivity contribution < 1.29 is 14.3 Å². The molecule has 4 rings (SSSR count). The second-order valence-corrected chi connectivity index (χ2v) is 7.67. The SMILES string of the molecule is O=C(CN1C[C@H]2CC(Cc3ccccc3)C[C@H]2C1)c1ccc(O)c(F)n1. The third kappa shape index (κ3) is 3.63. The molecule has 0 amide bonds. The zero-order valence-electron chi connectivity index (χ0n) is 14.6. The molecule has 1 aliphatic carbocycles. The van der Waals surface area contributed by atoms with Crippen molar-refractivity contribution in [2.24, 2.45) is 17.8 Å². The van der Waals surface area contributed by atoms with Crippen LogP contribution >= 0.6 is 0 Å². The average molecular weight is 354 g/mol. The number of halogens is 1. The van der Waals surface area contributed by atoms with Gasteiger partial charge >= 0.3 is 0 Å². The second kappa shape index (κ2) is 7.16. The monoisotopic (exact) mass is 354 g/mol. The lowest BCUT2D eigenvalue weighted by Crippen LogP contribution is -2.29. The molecule has 1 unspecified atom stereocenters. The molecule has 2 heterocycles. The molecule has 26 heavy (non-hydrogen) atoms. The first-order valence-electron chi connectivity index (χ1n) is 9.23. The minimum absolute atomic E-state index is 0.0827. The zero-order chi connectivity index (χ0) is 18.1. The standard InChI is InChI=1S/C21H23FN2O2/c22-21-19(25)7-6-18(23-21)20(26)13-24-11-16-9-15(10-17(16)12-24)8-14-4-2-1-3-5-14/h1-7,15-17,25H,8-13H2/t15?,16-,17+. The molecule has 1 aliphatic heterocycles. The highest BCUT2D eigenvalue weighted by Gasteiger charge is 2.41. The van der Waals surface area contributed by atoms with Gasteiger partial charge in [-0.05, 0) is 54.7 Å². The molecule has 0 bridgehead atoms. The summed E-state index contributed by atoms with van der Waals surface area (Å²) in [6.07, 6.45) is 3.58. The Bertz CT molecular complexity index is 782. The summed E-state index contributed by atoms with van der Waals surface area (Å²) in [5.41, 5.74) is 1.49. The molecule has 1 N–H and O–H groups in total. The van der Waals surface area contributed by atoms with Crippen LogP contribution in [0.3, 0.4) is 0 Å². The van der Waals surface area contributed by atoms with Gasteiger partial charge in [0.15, 0.2) is 11.5 Å². The Morgan fingerprint density at radius 1 is 1.12 bits per heavy atom. The first kappa shape index (κ1) is 17.2. The maximum atomic E-state index is 13.3. The molecule has 3 atom stereocenters.